The van der Waals surface area contributed by atoms with E-state index < -0.39 is 6.04 Å². The molecule has 0 bridgehead atoms. The molecular weight excluding hydrogens is 539 g/mol. The number of benzene rings is 2. The third kappa shape index (κ3) is 8.17. The molecule has 0 aliphatic carbocycles. The van der Waals surface area contributed by atoms with Gasteiger partial charge in [0.05, 0.1) is 14.5 Å². The first kappa shape index (κ1) is 28.5. The number of carbonyl (C=O) groups excluding carboxylic acids is 2. The number of rotatable bonds is 10. The van der Waals surface area contributed by atoms with Crippen LogP contribution in [0.25, 0.3) is 0 Å². The van der Waals surface area contributed by atoms with Crippen LogP contribution in [0.3, 0.4) is 0 Å². The highest BCUT2D eigenvalue weighted by molar-refractivity contribution is 9.10. The van der Waals surface area contributed by atoms with Gasteiger partial charge in [0.15, 0.2) is 6.61 Å². The van der Waals surface area contributed by atoms with Crippen molar-refractivity contribution in [3.8, 4) is 5.75 Å². The molecule has 0 spiro atoms. The Kier molecular flexibility index (Phi) is 10.7. The Hall–Kier alpha value is -1.76. The number of nitrogens with one attached hydrogen (secondary N) is 1. The highest BCUT2D eigenvalue weighted by atomic mass is 79.9. The van der Waals surface area contributed by atoms with Crippen LogP contribution in [0.15, 0.2) is 40.9 Å². The van der Waals surface area contributed by atoms with Crippen molar-refractivity contribution in [2.24, 2.45) is 0 Å². The molecule has 0 heterocycles. The first-order chi connectivity index (χ1) is 15.9. The Morgan fingerprint density at radius 2 is 1.82 bits per heavy atom. The van der Waals surface area contributed by atoms with E-state index in [0.717, 1.165) is 28.4 Å². The van der Waals surface area contributed by atoms with Crippen molar-refractivity contribution in [1.29, 1.82) is 0 Å². The lowest BCUT2D eigenvalue weighted by Gasteiger charge is -2.29. The predicted octanol–water partition coefficient (Wildman–Crippen LogP) is 6.77. The minimum atomic E-state index is -0.686. The summed E-state index contributed by atoms with van der Waals surface area (Å²) in [4.78, 5) is 27.5. The summed E-state index contributed by atoms with van der Waals surface area (Å²) in [6, 6.07) is 10.3. The lowest BCUT2D eigenvalue weighted by atomic mass is 9.87. The largest absolute Gasteiger partial charge is 0.483 e. The molecule has 8 heteroatoms. The van der Waals surface area contributed by atoms with Crippen molar-refractivity contribution >= 4 is 50.9 Å². The molecule has 0 saturated heterocycles. The smallest absolute Gasteiger partial charge is 0.261 e. The number of halogens is 3. The number of carbonyl (C=O) groups is 2. The molecule has 0 aromatic heterocycles. The third-order valence-electron chi connectivity index (χ3n) is 5.48. The van der Waals surface area contributed by atoms with Gasteiger partial charge in [0.1, 0.15) is 11.8 Å². The molecule has 2 amide bonds. The van der Waals surface area contributed by atoms with E-state index in [2.05, 4.69) is 48.9 Å². The Labute approximate surface area is 221 Å². The van der Waals surface area contributed by atoms with Crippen molar-refractivity contribution < 1.29 is 14.3 Å². The summed E-state index contributed by atoms with van der Waals surface area (Å²) >= 11 is 15.7. The van der Waals surface area contributed by atoms with Gasteiger partial charge in [-0.1, -0.05) is 69.5 Å². The minimum absolute atomic E-state index is 0.00586. The maximum atomic E-state index is 13.2. The Bertz CT molecular complexity index is 1010. The van der Waals surface area contributed by atoms with E-state index in [0.29, 0.717) is 22.3 Å². The molecule has 0 radical (unpaired) electrons. The Morgan fingerprint density at radius 1 is 1.12 bits per heavy atom. The molecule has 1 N–H and O–H groups in total. The van der Waals surface area contributed by atoms with E-state index in [1.165, 1.54) is 4.90 Å². The molecule has 5 nitrogen and oxygen atoms in total. The predicted molar refractivity (Wildman–Crippen MR) is 143 cm³/mol. The molecule has 0 aliphatic heterocycles. The molecule has 0 aliphatic rings. The molecule has 1 atom stereocenters. The quantitative estimate of drug-likeness (QED) is 0.320. The monoisotopic (exact) mass is 570 g/mol. The van der Waals surface area contributed by atoms with Gasteiger partial charge in [0.25, 0.3) is 5.91 Å². The van der Waals surface area contributed by atoms with Gasteiger partial charge in [-0.05, 0) is 70.1 Å². The summed E-state index contributed by atoms with van der Waals surface area (Å²) in [6.07, 6.45) is 1.85. The molecule has 186 valence electrons. The van der Waals surface area contributed by atoms with Crippen molar-refractivity contribution in [2.75, 3.05) is 13.2 Å². The van der Waals surface area contributed by atoms with Crippen molar-refractivity contribution in [3.63, 3.8) is 0 Å². The molecule has 0 saturated carbocycles. The van der Waals surface area contributed by atoms with E-state index in [1.54, 1.807) is 25.1 Å². The summed E-state index contributed by atoms with van der Waals surface area (Å²) in [5, 5.41) is 3.73. The van der Waals surface area contributed by atoms with Gasteiger partial charge >= 0.3 is 0 Å². The molecule has 1 unspecified atom stereocenters. The maximum Gasteiger partial charge on any atom is 0.261 e. The van der Waals surface area contributed by atoms with Crippen LogP contribution in [-0.2, 0) is 21.5 Å². The number of unbranched alkanes of at least 4 members (excludes halogenated alkanes) is 1. The maximum absolute atomic E-state index is 13.2. The molecule has 34 heavy (non-hydrogen) atoms. The molecule has 2 aromatic carbocycles. The number of amides is 2. The molecule has 2 aromatic rings. The average Bonchev–Trinajstić information content (AvgIpc) is 2.77. The van der Waals surface area contributed by atoms with E-state index in [1.807, 2.05) is 18.2 Å². The number of hydrogen-bond acceptors (Lipinski definition) is 3. The highest BCUT2D eigenvalue weighted by Gasteiger charge is 2.27. The van der Waals surface area contributed by atoms with Crippen LogP contribution in [0.5, 0.6) is 5.75 Å². The summed E-state index contributed by atoms with van der Waals surface area (Å²) in [6.45, 7) is 10.7. The minimum Gasteiger partial charge on any atom is -0.483 e. The topological polar surface area (TPSA) is 58.6 Å². The zero-order valence-electron chi connectivity index (χ0n) is 20.4. The normalized spacial score (nSPS) is 12.2. The lowest BCUT2D eigenvalue weighted by molar-refractivity contribution is -0.142. The van der Waals surface area contributed by atoms with E-state index >= 15 is 0 Å². The van der Waals surface area contributed by atoms with E-state index in [9.17, 15) is 9.59 Å². The van der Waals surface area contributed by atoms with E-state index in [4.69, 9.17) is 27.9 Å². The number of ether oxygens (including phenoxy) is 1. The SMILES string of the molecule is CCCCNC(=O)C(C)N(Cc1ccc(Cl)c(Cl)c1)C(=O)COc1ccc(C(C)(C)C)cc1Br. The molecule has 0 fully saturated rings. The van der Waals surface area contributed by atoms with Gasteiger partial charge in [0, 0.05) is 13.1 Å². The number of nitrogens with zero attached hydrogens (tertiary/aromatic N) is 1. The van der Waals surface area contributed by atoms with Gasteiger partial charge < -0.3 is 15.0 Å². The van der Waals surface area contributed by atoms with Crippen molar-refractivity contribution in [2.45, 2.75) is 65.5 Å². The van der Waals surface area contributed by atoms with Gasteiger partial charge in [-0.25, -0.2) is 0 Å². The van der Waals surface area contributed by atoms with Crippen molar-refractivity contribution in [1.82, 2.24) is 10.2 Å². The number of hydrogen-bond donors (Lipinski definition) is 1. The van der Waals surface area contributed by atoms with Crippen LogP contribution in [0.1, 0.15) is 58.6 Å². The standard InChI is InChI=1S/C26H33BrCl2N2O3/c1-6-7-12-30-25(33)17(2)31(15-18-8-10-21(28)22(29)13-18)24(32)16-34-23-11-9-19(14-20(23)27)26(3,4)5/h8-11,13-14,17H,6-7,12,15-16H2,1-5H3,(H,30,33). The highest BCUT2D eigenvalue weighted by Crippen LogP contribution is 2.31. The fourth-order valence-electron chi connectivity index (χ4n) is 3.26. The van der Waals surface area contributed by atoms with E-state index in [-0.39, 0.29) is 30.4 Å². The molecule has 2 rings (SSSR count). The fraction of sp³-hybridized carbons (Fsp3) is 0.462. The zero-order valence-corrected chi connectivity index (χ0v) is 23.5. The summed E-state index contributed by atoms with van der Waals surface area (Å²) in [7, 11) is 0. The van der Waals surface area contributed by atoms with Crippen LogP contribution in [-0.4, -0.2) is 35.9 Å². The van der Waals surface area contributed by atoms with Crippen LogP contribution < -0.4 is 10.1 Å². The Morgan fingerprint density at radius 3 is 2.41 bits per heavy atom. The lowest BCUT2D eigenvalue weighted by Crippen LogP contribution is -2.49. The van der Waals surface area contributed by atoms with Gasteiger partial charge in [-0.2, -0.15) is 0 Å². The second-order valence-corrected chi connectivity index (χ2v) is 10.9. The first-order valence-electron chi connectivity index (χ1n) is 11.4. The average molecular weight is 572 g/mol. The van der Waals surface area contributed by atoms with Crippen LogP contribution >= 0.6 is 39.1 Å². The van der Waals surface area contributed by atoms with Crippen molar-refractivity contribution in [3.05, 3.63) is 62.0 Å². The summed E-state index contributed by atoms with van der Waals surface area (Å²) in [5.74, 6) is 0.0458. The van der Waals surface area contributed by atoms with Crippen LogP contribution in [0, 0.1) is 0 Å². The van der Waals surface area contributed by atoms with Gasteiger partial charge in [-0.3, -0.25) is 9.59 Å². The Balaban J connectivity index is 2.19. The summed E-state index contributed by atoms with van der Waals surface area (Å²) in [5.41, 5.74) is 1.91. The third-order valence-corrected chi connectivity index (χ3v) is 6.84. The van der Waals surface area contributed by atoms with Gasteiger partial charge in [-0.15, -0.1) is 0 Å². The summed E-state index contributed by atoms with van der Waals surface area (Å²) < 4.78 is 6.61. The van der Waals surface area contributed by atoms with Crippen LogP contribution in [0.2, 0.25) is 10.0 Å². The second kappa shape index (κ2) is 12.8. The fourth-order valence-corrected chi connectivity index (χ4v) is 4.07. The first-order valence-corrected chi connectivity index (χ1v) is 12.9. The molecular formula is C26H33BrCl2N2O3. The van der Waals surface area contributed by atoms with Gasteiger partial charge in [0.2, 0.25) is 5.91 Å². The second-order valence-electron chi connectivity index (χ2n) is 9.27. The van der Waals surface area contributed by atoms with Crippen LogP contribution in [0.4, 0.5) is 0 Å². The zero-order chi connectivity index (χ0) is 25.5.